The highest BCUT2D eigenvalue weighted by atomic mass is 16.5. The summed E-state index contributed by atoms with van der Waals surface area (Å²) in [6, 6.07) is 0. The molecule has 90 valence electrons. The van der Waals surface area contributed by atoms with Crippen LogP contribution in [-0.4, -0.2) is 50.1 Å². The van der Waals surface area contributed by atoms with Crippen LogP contribution in [0.4, 0.5) is 5.95 Å². The predicted octanol–water partition coefficient (Wildman–Crippen LogP) is -0.448. The number of methoxy groups -OCH3 is 1. The molecule has 1 aliphatic rings. The van der Waals surface area contributed by atoms with Gasteiger partial charge in [-0.2, -0.15) is 4.98 Å². The first-order valence-electron chi connectivity index (χ1n) is 5.24. The third-order valence-electron chi connectivity index (χ3n) is 2.50. The Hall–Kier alpha value is -1.18. The molecule has 0 amide bonds. The van der Waals surface area contributed by atoms with Crippen molar-refractivity contribution >= 4 is 5.95 Å². The van der Waals surface area contributed by atoms with Crippen molar-refractivity contribution in [3.05, 3.63) is 5.89 Å². The first-order chi connectivity index (χ1) is 7.85. The first kappa shape index (κ1) is 11.3. The van der Waals surface area contributed by atoms with Gasteiger partial charge < -0.3 is 24.6 Å². The van der Waals surface area contributed by atoms with E-state index in [-0.39, 0.29) is 6.10 Å². The molecular formula is C9H16N4O3. The van der Waals surface area contributed by atoms with Crippen LogP contribution in [0.15, 0.2) is 4.52 Å². The molecule has 0 aliphatic carbocycles. The van der Waals surface area contributed by atoms with Gasteiger partial charge in [-0.05, 0) is 5.16 Å². The second-order valence-electron chi connectivity index (χ2n) is 3.49. The van der Waals surface area contributed by atoms with Gasteiger partial charge in [0.15, 0.2) is 0 Å². The summed E-state index contributed by atoms with van der Waals surface area (Å²) in [6.07, 6.45) is -0.331. The van der Waals surface area contributed by atoms with Crippen molar-refractivity contribution < 1.29 is 14.0 Å². The molecule has 2 N–H and O–H groups in total. The number of morpholine rings is 1. The van der Waals surface area contributed by atoms with Gasteiger partial charge in [0.1, 0.15) is 6.10 Å². The lowest BCUT2D eigenvalue weighted by molar-refractivity contribution is 0.0804. The van der Waals surface area contributed by atoms with Crippen molar-refractivity contribution in [3.8, 4) is 0 Å². The molecule has 1 aromatic rings. The summed E-state index contributed by atoms with van der Waals surface area (Å²) in [7, 11) is 1.57. The molecule has 1 aromatic heterocycles. The maximum absolute atomic E-state index is 5.52. The summed E-state index contributed by atoms with van der Waals surface area (Å²) in [4.78, 5) is 6.28. The van der Waals surface area contributed by atoms with Gasteiger partial charge in [-0.1, -0.05) is 0 Å². The monoisotopic (exact) mass is 228 g/mol. The average molecular weight is 228 g/mol. The normalized spacial score (nSPS) is 18.8. The van der Waals surface area contributed by atoms with E-state index in [9.17, 15) is 0 Å². The molecule has 0 bridgehead atoms. The van der Waals surface area contributed by atoms with Gasteiger partial charge >= 0.3 is 0 Å². The number of rotatable bonds is 4. The van der Waals surface area contributed by atoms with E-state index >= 15 is 0 Å². The minimum atomic E-state index is -0.331. The minimum absolute atomic E-state index is 0.321. The number of hydrogen-bond acceptors (Lipinski definition) is 7. The van der Waals surface area contributed by atoms with E-state index in [0.717, 1.165) is 13.1 Å². The Morgan fingerprint density at radius 1 is 1.50 bits per heavy atom. The van der Waals surface area contributed by atoms with Crippen molar-refractivity contribution in [2.75, 3.05) is 44.9 Å². The van der Waals surface area contributed by atoms with Crippen LogP contribution in [0.2, 0.25) is 0 Å². The summed E-state index contributed by atoms with van der Waals surface area (Å²) in [6.45, 7) is 3.25. The Morgan fingerprint density at radius 3 is 2.88 bits per heavy atom. The van der Waals surface area contributed by atoms with Crippen molar-refractivity contribution in [2.45, 2.75) is 6.10 Å². The molecule has 0 radical (unpaired) electrons. The zero-order valence-electron chi connectivity index (χ0n) is 9.26. The zero-order chi connectivity index (χ0) is 11.4. The molecule has 1 aliphatic heterocycles. The van der Waals surface area contributed by atoms with Crippen molar-refractivity contribution in [2.24, 2.45) is 5.73 Å². The van der Waals surface area contributed by atoms with E-state index < -0.39 is 0 Å². The lowest BCUT2D eigenvalue weighted by Gasteiger charge is -2.24. The van der Waals surface area contributed by atoms with Crippen LogP contribution in [0.3, 0.4) is 0 Å². The fraction of sp³-hybridized carbons (Fsp3) is 0.778. The number of nitrogens with zero attached hydrogens (tertiary/aromatic N) is 3. The molecule has 1 saturated heterocycles. The van der Waals surface area contributed by atoms with Crippen LogP contribution in [-0.2, 0) is 9.47 Å². The van der Waals surface area contributed by atoms with E-state index in [0.29, 0.717) is 31.6 Å². The minimum Gasteiger partial charge on any atom is -0.378 e. The summed E-state index contributed by atoms with van der Waals surface area (Å²) in [5.74, 6) is 1.00. The molecule has 1 atom stereocenters. The van der Waals surface area contributed by atoms with Gasteiger partial charge in [0.25, 0.3) is 11.8 Å². The summed E-state index contributed by atoms with van der Waals surface area (Å²) in [5, 5.41) is 3.91. The quantitative estimate of drug-likeness (QED) is 0.747. The van der Waals surface area contributed by atoms with Gasteiger partial charge in [0, 0.05) is 26.7 Å². The van der Waals surface area contributed by atoms with Crippen LogP contribution in [0.1, 0.15) is 12.0 Å². The number of nitrogens with two attached hydrogens (primary N) is 1. The molecule has 0 spiro atoms. The van der Waals surface area contributed by atoms with E-state index in [1.54, 1.807) is 7.11 Å². The molecule has 7 heteroatoms. The van der Waals surface area contributed by atoms with Gasteiger partial charge in [0.2, 0.25) is 0 Å². The molecule has 1 fully saturated rings. The molecule has 2 heterocycles. The van der Waals surface area contributed by atoms with Crippen LogP contribution in [0.25, 0.3) is 0 Å². The first-order valence-corrected chi connectivity index (χ1v) is 5.24. The zero-order valence-corrected chi connectivity index (χ0v) is 9.26. The highest BCUT2D eigenvalue weighted by Gasteiger charge is 2.21. The SMILES string of the molecule is COC(CN)c1nc(N2CCOCC2)no1. The molecule has 16 heavy (non-hydrogen) atoms. The highest BCUT2D eigenvalue weighted by molar-refractivity contribution is 5.28. The number of anilines is 1. The smallest absolute Gasteiger partial charge is 0.266 e. The molecular weight excluding hydrogens is 212 g/mol. The summed E-state index contributed by atoms with van der Waals surface area (Å²) < 4.78 is 15.5. The van der Waals surface area contributed by atoms with Crippen LogP contribution in [0.5, 0.6) is 0 Å². The van der Waals surface area contributed by atoms with E-state index in [4.69, 9.17) is 19.7 Å². The predicted molar refractivity (Wildman–Crippen MR) is 56.1 cm³/mol. The van der Waals surface area contributed by atoms with Crippen molar-refractivity contribution in [1.82, 2.24) is 10.1 Å². The fourth-order valence-electron chi connectivity index (χ4n) is 1.55. The molecule has 2 rings (SSSR count). The third-order valence-corrected chi connectivity index (χ3v) is 2.50. The summed E-state index contributed by atoms with van der Waals surface area (Å²) in [5.41, 5.74) is 5.52. The van der Waals surface area contributed by atoms with E-state index in [2.05, 4.69) is 10.1 Å². The Labute approximate surface area is 93.5 Å². The molecule has 1 unspecified atom stereocenters. The Balaban J connectivity index is 2.05. The maximum Gasteiger partial charge on any atom is 0.266 e. The largest absolute Gasteiger partial charge is 0.378 e. The van der Waals surface area contributed by atoms with Crippen LogP contribution >= 0.6 is 0 Å². The Bertz CT molecular complexity index is 320. The second kappa shape index (κ2) is 5.24. The Morgan fingerprint density at radius 2 is 2.25 bits per heavy atom. The van der Waals surface area contributed by atoms with E-state index in [1.807, 2.05) is 4.90 Å². The molecule has 0 aromatic carbocycles. The van der Waals surface area contributed by atoms with Gasteiger partial charge in [-0.3, -0.25) is 0 Å². The summed E-state index contributed by atoms with van der Waals surface area (Å²) >= 11 is 0. The third kappa shape index (κ3) is 2.31. The Kier molecular flexibility index (Phi) is 3.70. The van der Waals surface area contributed by atoms with Crippen LogP contribution < -0.4 is 10.6 Å². The topological polar surface area (TPSA) is 86.6 Å². The fourth-order valence-corrected chi connectivity index (χ4v) is 1.55. The van der Waals surface area contributed by atoms with Gasteiger partial charge in [-0.25, -0.2) is 0 Å². The average Bonchev–Trinajstić information content (AvgIpc) is 2.81. The van der Waals surface area contributed by atoms with Crippen LogP contribution in [0, 0.1) is 0 Å². The number of ether oxygens (including phenoxy) is 2. The maximum atomic E-state index is 5.52. The lowest BCUT2D eigenvalue weighted by atomic mass is 10.3. The molecule has 0 saturated carbocycles. The standard InChI is InChI=1S/C9H16N4O3/c1-14-7(6-10)8-11-9(12-16-8)13-2-4-15-5-3-13/h7H,2-6,10H2,1H3. The van der Waals surface area contributed by atoms with Gasteiger partial charge in [0.05, 0.1) is 13.2 Å². The second-order valence-corrected chi connectivity index (χ2v) is 3.49. The molecule has 7 nitrogen and oxygen atoms in total. The van der Waals surface area contributed by atoms with Crippen molar-refractivity contribution in [3.63, 3.8) is 0 Å². The lowest BCUT2D eigenvalue weighted by Crippen LogP contribution is -2.36. The number of hydrogen-bond donors (Lipinski definition) is 1. The number of aromatic nitrogens is 2. The van der Waals surface area contributed by atoms with Gasteiger partial charge in [-0.15, -0.1) is 0 Å². The van der Waals surface area contributed by atoms with Crippen molar-refractivity contribution in [1.29, 1.82) is 0 Å². The highest BCUT2D eigenvalue weighted by Crippen LogP contribution is 2.17. The van der Waals surface area contributed by atoms with E-state index in [1.165, 1.54) is 0 Å².